The van der Waals surface area contributed by atoms with Crippen molar-refractivity contribution >= 4 is 0 Å². The second kappa shape index (κ2) is 5.77. The molecule has 2 N–H and O–H groups in total. The third-order valence-corrected chi connectivity index (χ3v) is 3.77. The Morgan fingerprint density at radius 3 is 2.67 bits per heavy atom. The van der Waals surface area contributed by atoms with Crippen molar-refractivity contribution < 1.29 is 9.47 Å². The van der Waals surface area contributed by atoms with Crippen LogP contribution in [-0.4, -0.2) is 23.0 Å². The van der Waals surface area contributed by atoms with E-state index in [4.69, 9.17) is 15.2 Å². The number of nitrogens with two attached hydrogens (primary N) is 1. The van der Waals surface area contributed by atoms with Crippen LogP contribution in [0.5, 0.6) is 11.5 Å². The average Bonchev–Trinajstić information content (AvgIpc) is 2.97. The molecular weight excluding hydrogens is 266 g/mol. The van der Waals surface area contributed by atoms with E-state index in [2.05, 4.69) is 25.0 Å². The molecule has 0 amide bonds. The number of nitrogens with zero attached hydrogens (tertiary/aromatic N) is 2. The largest absolute Gasteiger partial charge is 0.486 e. The van der Waals surface area contributed by atoms with Crippen molar-refractivity contribution in [1.29, 1.82) is 0 Å². The van der Waals surface area contributed by atoms with E-state index in [1.807, 2.05) is 22.9 Å². The Kier molecular flexibility index (Phi) is 3.84. The maximum atomic E-state index is 6.44. The summed E-state index contributed by atoms with van der Waals surface area (Å²) in [5.41, 5.74) is 9.55. The number of rotatable bonds is 4. The minimum absolute atomic E-state index is 0.214. The monoisotopic (exact) mass is 287 g/mol. The van der Waals surface area contributed by atoms with Crippen LogP contribution >= 0.6 is 0 Å². The first-order chi connectivity index (χ1) is 10.2. The molecule has 0 radical (unpaired) electrons. The molecule has 2 aromatic rings. The maximum Gasteiger partial charge on any atom is 0.161 e. The van der Waals surface area contributed by atoms with Gasteiger partial charge in [0.25, 0.3) is 0 Å². The lowest BCUT2D eigenvalue weighted by atomic mass is 10.0. The van der Waals surface area contributed by atoms with Crippen LogP contribution in [0.4, 0.5) is 0 Å². The number of hydrogen-bond donors (Lipinski definition) is 1. The molecule has 0 saturated heterocycles. The van der Waals surface area contributed by atoms with Crippen LogP contribution in [-0.2, 0) is 13.0 Å². The summed E-state index contributed by atoms with van der Waals surface area (Å²) in [7, 11) is 0. The molecule has 1 aliphatic rings. The third kappa shape index (κ3) is 2.61. The molecule has 0 spiro atoms. The molecule has 1 aromatic heterocycles. The van der Waals surface area contributed by atoms with Gasteiger partial charge in [-0.2, -0.15) is 5.10 Å². The zero-order valence-corrected chi connectivity index (χ0v) is 12.5. The van der Waals surface area contributed by atoms with E-state index < -0.39 is 0 Å². The van der Waals surface area contributed by atoms with Crippen LogP contribution in [0.3, 0.4) is 0 Å². The van der Waals surface area contributed by atoms with Gasteiger partial charge in [-0.3, -0.25) is 4.68 Å². The Labute approximate surface area is 124 Å². The van der Waals surface area contributed by atoms with Gasteiger partial charge in [-0.05, 0) is 37.1 Å². The van der Waals surface area contributed by atoms with Gasteiger partial charge < -0.3 is 15.2 Å². The zero-order valence-electron chi connectivity index (χ0n) is 12.5. The molecule has 3 rings (SSSR count). The number of ether oxygens (including phenoxy) is 2. The van der Waals surface area contributed by atoms with Crippen LogP contribution in [0.2, 0.25) is 0 Å². The summed E-state index contributed by atoms with van der Waals surface area (Å²) in [6.45, 7) is 6.17. The first kappa shape index (κ1) is 13.9. The van der Waals surface area contributed by atoms with Gasteiger partial charge in [0.05, 0.1) is 17.4 Å². The summed E-state index contributed by atoms with van der Waals surface area (Å²) in [6.07, 6.45) is 0.911. The lowest BCUT2D eigenvalue weighted by molar-refractivity contribution is 0.171. The van der Waals surface area contributed by atoms with E-state index in [-0.39, 0.29) is 6.04 Å². The van der Waals surface area contributed by atoms with Gasteiger partial charge in [-0.25, -0.2) is 0 Å². The van der Waals surface area contributed by atoms with Crippen LogP contribution in [0, 0.1) is 0 Å². The summed E-state index contributed by atoms with van der Waals surface area (Å²) in [4.78, 5) is 0. The highest BCUT2D eigenvalue weighted by Crippen LogP contribution is 2.33. The quantitative estimate of drug-likeness (QED) is 0.937. The molecular formula is C16H21N3O2. The Morgan fingerprint density at radius 2 is 1.95 bits per heavy atom. The molecule has 1 unspecified atom stereocenters. The highest BCUT2D eigenvalue weighted by molar-refractivity contribution is 5.46. The van der Waals surface area contributed by atoms with E-state index in [9.17, 15) is 0 Å². The fourth-order valence-corrected chi connectivity index (χ4v) is 2.59. The number of benzene rings is 1. The molecule has 0 aliphatic carbocycles. The van der Waals surface area contributed by atoms with E-state index in [1.165, 1.54) is 0 Å². The van der Waals surface area contributed by atoms with E-state index in [0.29, 0.717) is 13.2 Å². The SMILES string of the molecule is CCc1cc(C(N)c2ccc3c(c2)OCCO3)n(CC)n1. The Hall–Kier alpha value is -2.01. The van der Waals surface area contributed by atoms with Crippen LogP contribution < -0.4 is 15.2 Å². The fraction of sp³-hybridized carbons (Fsp3) is 0.438. The molecule has 5 heteroatoms. The normalized spacial score (nSPS) is 15.0. The zero-order chi connectivity index (χ0) is 14.8. The molecule has 0 bridgehead atoms. The van der Waals surface area contributed by atoms with Gasteiger partial charge >= 0.3 is 0 Å². The van der Waals surface area contributed by atoms with Gasteiger partial charge in [0.1, 0.15) is 13.2 Å². The number of aromatic nitrogens is 2. The molecule has 0 fully saturated rings. The van der Waals surface area contributed by atoms with Crippen molar-refractivity contribution in [3.8, 4) is 11.5 Å². The highest BCUT2D eigenvalue weighted by Gasteiger charge is 2.19. The van der Waals surface area contributed by atoms with Crippen molar-refractivity contribution in [2.24, 2.45) is 5.73 Å². The van der Waals surface area contributed by atoms with E-state index in [0.717, 1.165) is 41.4 Å². The standard InChI is InChI=1S/C16H21N3O2/c1-3-12-10-13(19(4-2)18-12)16(17)11-5-6-14-15(9-11)21-8-7-20-14/h5-6,9-10,16H,3-4,7-8,17H2,1-2H3. The van der Waals surface area contributed by atoms with Gasteiger partial charge in [-0.1, -0.05) is 13.0 Å². The Morgan fingerprint density at radius 1 is 1.19 bits per heavy atom. The first-order valence-electron chi connectivity index (χ1n) is 7.44. The fourth-order valence-electron chi connectivity index (χ4n) is 2.59. The third-order valence-electron chi connectivity index (χ3n) is 3.77. The first-order valence-corrected chi connectivity index (χ1v) is 7.44. The van der Waals surface area contributed by atoms with Gasteiger partial charge in [-0.15, -0.1) is 0 Å². The van der Waals surface area contributed by atoms with E-state index in [1.54, 1.807) is 0 Å². The summed E-state index contributed by atoms with van der Waals surface area (Å²) in [6, 6.07) is 7.77. The number of aryl methyl sites for hydroxylation is 2. The minimum atomic E-state index is -0.214. The van der Waals surface area contributed by atoms with Gasteiger partial charge in [0.15, 0.2) is 11.5 Å². The molecule has 0 saturated carbocycles. The van der Waals surface area contributed by atoms with Crippen molar-refractivity contribution in [2.75, 3.05) is 13.2 Å². The predicted octanol–water partition coefficient (Wildman–Crippen LogP) is 2.28. The Balaban J connectivity index is 1.94. The van der Waals surface area contributed by atoms with Crippen molar-refractivity contribution in [3.05, 3.63) is 41.2 Å². The molecule has 1 atom stereocenters. The molecule has 5 nitrogen and oxygen atoms in total. The van der Waals surface area contributed by atoms with E-state index >= 15 is 0 Å². The summed E-state index contributed by atoms with van der Waals surface area (Å²) in [5.74, 6) is 1.56. The summed E-state index contributed by atoms with van der Waals surface area (Å²) >= 11 is 0. The molecule has 21 heavy (non-hydrogen) atoms. The van der Waals surface area contributed by atoms with Crippen molar-refractivity contribution in [3.63, 3.8) is 0 Å². The maximum absolute atomic E-state index is 6.44. The average molecular weight is 287 g/mol. The van der Waals surface area contributed by atoms with Crippen molar-refractivity contribution in [2.45, 2.75) is 32.9 Å². The summed E-state index contributed by atoms with van der Waals surface area (Å²) in [5, 5.41) is 4.56. The minimum Gasteiger partial charge on any atom is -0.486 e. The second-order valence-corrected chi connectivity index (χ2v) is 5.11. The van der Waals surface area contributed by atoms with Crippen LogP contribution in [0.15, 0.2) is 24.3 Å². The summed E-state index contributed by atoms with van der Waals surface area (Å²) < 4.78 is 13.1. The van der Waals surface area contributed by atoms with Gasteiger partial charge in [0.2, 0.25) is 0 Å². The predicted molar refractivity (Wildman–Crippen MR) is 80.7 cm³/mol. The topological polar surface area (TPSA) is 62.3 Å². The number of fused-ring (bicyclic) bond motifs is 1. The molecule has 112 valence electrons. The lowest BCUT2D eigenvalue weighted by Crippen LogP contribution is -2.19. The van der Waals surface area contributed by atoms with Crippen molar-refractivity contribution in [1.82, 2.24) is 9.78 Å². The Bertz CT molecular complexity index is 636. The van der Waals surface area contributed by atoms with Crippen LogP contribution in [0.1, 0.15) is 36.8 Å². The number of hydrogen-bond acceptors (Lipinski definition) is 4. The molecule has 1 aromatic carbocycles. The molecule has 2 heterocycles. The van der Waals surface area contributed by atoms with Gasteiger partial charge in [0, 0.05) is 6.54 Å². The van der Waals surface area contributed by atoms with Crippen LogP contribution in [0.25, 0.3) is 0 Å². The smallest absolute Gasteiger partial charge is 0.161 e. The lowest BCUT2D eigenvalue weighted by Gasteiger charge is -2.20. The highest BCUT2D eigenvalue weighted by atomic mass is 16.6. The molecule has 1 aliphatic heterocycles. The second-order valence-electron chi connectivity index (χ2n) is 5.11.